The van der Waals surface area contributed by atoms with Gasteiger partial charge in [-0.25, -0.2) is 8.42 Å². The monoisotopic (exact) mass is 478 g/mol. The third-order valence-corrected chi connectivity index (χ3v) is 8.16. The first-order valence-corrected chi connectivity index (χ1v) is 12.9. The number of fused-ring (bicyclic) bond motifs is 2. The fourth-order valence-electron chi connectivity index (χ4n) is 4.51. The van der Waals surface area contributed by atoms with Crippen LogP contribution in [-0.4, -0.2) is 25.4 Å². The molecular formula is C26H23ClN2O3S. The number of para-hydroxylation sites is 2. The molecule has 0 atom stereocenters. The maximum atomic E-state index is 13.4. The number of aryl methyl sites for hydroxylation is 1. The van der Waals surface area contributed by atoms with Crippen LogP contribution in [0, 0.1) is 0 Å². The van der Waals surface area contributed by atoms with Crippen LogP contribution in [0.3, 0.4) is 0 Å². The van der Waals surface area contributed by atoms with Crippen molar-refractivity contribution in [3.8, 4) is 0 Å². The van der Waals surface area contributed by atoms with Gasteiger partial charge >= 0.3 is 0 Å². The molecule has 1 aliphatic heterocycles. The Hall–Kier alpha value is -3.09. The summed E-state index contributed by atoms with van der Waals surface area (Å²) in [6.07, 6.45) is 3.45. The number of carbonyl (C=O) groups is 1. The van der Waals surface area contributed by atoms with Crippen LogP contribution in [-0.2, 0) is 33.4 Å². The summed E-state index contributed by atoms with van der Waals surface area (Å²) in [6, 6.07) is 22.2. The summed E-state index contributed by atoms with van der Waals surface area (Å²) >= 11 is 6.22. The van der Waals surface area contributed by atoms with Gasteiger partial charge in [-0.1, -0.05) is 66.2 Å². The van der Waals surface area contributed by atoms with Crippen LogP contribution >= 0.6 is 11.6 Å². The van der Waals surface area contributed by atoms with Crippen LogP contribution < -0.4 is 4.90 Å². The van der Waals surface area contributed by atoms with Crippen LogP contribution in [0.2, 0.25) is 5.02 Å². The van der Waals surface area contributed by atoms with Gasteiger partial charge in [0.15, 0.2) is 9.84 Å². The van der Waals surface area contributed by atoms with E-state index in [1.165, 1.54) is 0 Å². The molecule has 33 heavy (non-hydrogen) atoms. The summed E-state index contributed by atoms with van der Waals surface area (Å²) in [4.78, 5) is 15.3. The van der Waals surface area contributed by atoms with Gasteiger partial charge in [0.25, 0.3) is 0 Å². The van der Waals surface area contributed by atoms with Gasteiger partial charge in [0.05, 0.1) is 10.6 Å². The van der Waals surface area contributed by atoms with Crippen LogP contribution in [0.5, 0.6) is 0 Å². The number of nitrogens with zero attached hydrogens (tertiary/aromatic N) is 2. The highest BCUT2D eigenvalue weighted by atomic mass is 35.5. The van der Waals surface area contributed by atoms with Gasteiger partial charge in [-0.05, 0) is 42.2 Å². The number of hydrogen-bond acceptors (Lipinski definition) is 3. The molecule has 7 heteroatoms. The molecule has 168 valence electrons. The van der Waals surface area contributed by atoms with Gasteiger partial charge in [0, 0.05) is 34.4 Å². The lowest BCUT2D eigenvalue weighted by molar-refractivity contribution is -0.119. The van der Waals surface area contributed by atoms with Gasteiger partial charge < -0.3 is 9.47 Å². The average molecular weight is 479 g/mol. The highest BCUT2D eigenvalue weighted by molar-refractivity contribution is 7.90. The zero-order valence-electron chi connectivity index (χ0n) is 17.9. The second kappa shape index (κ2) is 8.69. The topological polar surface area (TPSA) is 59.4 Å². The quantitative estimate of drug-likeness (QED) is 0.393. The van der Waals surface area contributed by atoms with Crippen molar-refractivity contribution in [1.82, 2.24) is 4.57 Å². The van der Waals surface area contributed by atoms with Crippen molar-refractivity contribution < 1.29 is 13.2 Å². The molecule has 0 radical (unpaired) electrons. The first-order valence-electron chi connectivity index (χ1n) is 10.9. The van der Waals surface area contributed by atoms with E-state index in [2.05, 4.69) is 6.07 Å². The average Bonchev–Trinajstić information content (AvgIpc) is 3.19. The summed E-state index contributed by atoms with van der Waals surface area (Å²) < 4.78 is 28.5. The molecular weight excluding hydrogens is 456 g/mol. The molecule has 1 amide bonds. The van der Waals surface area contributed by atoms with Gasteiger partial charge in [-0.15, -0.1) is 0 Å². The number of carbonyl (C=O) groups excluding carboxylic acids is 1. The first kappa shape index (κ1) is 21.7. The van der Waals surface area contributed by atoms with Crippen LogP contribution in [0.15, 0.2) is 83.9 Å². The molecule has 0 fully saturated rings. The lowest BCUT2D eigenvalue weighted by Gasteiger charge is -2.29. The van der Waals surface area contributed by atoms with Crippen molar-refractivity contribution in [2.75, 3.05) is 11.4 Å². The lowest BCUT2D eigenvalue weighted by atomic mass is 10.0. The largest absolute Gasteiger partial charge is 0.337 e. The minimum atomic E-state index is -3.68. The van der Waals surface area contributed by atoms with Crippen LogP contribution in [0.1, 0.15) is 17.5 Å². The summed E-state index contributed by atoms with van der Waals surface area (Å²) in [5.41, 5.74) is 3.38. The molecule has 0 unspecified atom stereocenters. The number of rotatable bonds is 5. The molecule has 1 aliphatic rings. The zero-order chi connectivity index (χ0) is 23.0. The van der Waals surface area contributed by atoms with Gasteiger partial charge in [0.1, 0.15) is 6.54 Å². The number of hydrogen-bond donors (Lipinski definition) is 0. The normalized spacial score (nSPS) is 13.8. The Bertz CT molecular complexity index is 1460. The van der Waals surface area contributed by atoms with Gasteiger partial charge in [0.2, 0.25) is 5.91 Å². The zero-order valence-corrected chi connectivity index (χ0v) is 19.5. The van der Waals surface area contributed by atoms with Crippen molar-refractivity contribution in [1.29, 1.82) is 0 Å². The summed E-state index contributed by atoms with van der Waals surface area (Å²) in [6.45, 7) is 0.725. The molecule has 0 saturated carbocycles. The predicted octanol–water partition coefficient (Wildman–Crippen LogP) is 5.25. The Labute approximate surface area is 198 Å². The summed E-state index contributed by atoms with van der Waals surface area (Å²) in [5, 5.41) is 1.03. The maximum Gasteiger partial charge on any atom is 0.246 e. The molecule has 0 N–H and O–H groups in total. The highest BCUT2D eigenvalue weighted by Crippen LogP contribution is 2.31. The minimum Gasteiger partial charge on any atom is -0.337 e. The fraction of sp³-hybridized carbons (Fsp3) is 0.192. The molecule has 5 nitrogen and oxygen atoms in total. The number of halogens is 1. The van der Waals surface area contributed by atoms with E-state index >= 15 is 0 Å². The van der Waals surface area contributed by atoms with E-state index in [4.69, 9.17) is 11.6 Å². The number of anilines is 1. The number of aromatic nitrogens is 1. The number of amides is 1. The molecule has 1 aromatic heterocycles. The van der Waals surface area contributed by atoms with Crippen LogP contribution in [0.25, 0.3) is 10.9 Å². The van der Waals surface area contributed by atoms with E-state index in [1.54, 1.807) is 41.1 Å². The fourth-order valence-corrected chi connectivity index (χ4v) is 6.41. The lowest BCUT2D eigenvalue weighted by Crippen LogP contribution is -2.37. The van der Waals surface area contributed by atoms with E-state index in [1.807, 2.05) is 41.3 Å². The Morgan fingerprint density at radius 2 is 1.67 bits per heavy atom. The van der Waals surface area contributed by atoms with Crippen molar-refractivity contribution in [2.45, 2.75) is 30.0 Å². The summed E-state index contributed by atoms with van der Waals surface area (Å²) in [7, 11) is -3.68. The predicted molar refractivity (Wildman–Crippen MR) is 131 cm³/mol. The smallest absolute Gasteiger partial charge is 0.246 e. The van der Waals surface area contributed by atoms with Gasteiger partial charge in [-0.2, -0.15) is 0 Å². The van der Waals surface area contributed by atoms with Gasteiger partial charge in [-0.3, -0.25) is 4.79 Å². The van der Waals surface area contributed by atoms with E-state index in [0.717, 1.165) is 24.1 Å². The highest BCUT2D eigenvalue weighted by Gasteiger charge is 2.26. The maximum absolute atomic E-state index is 13.4. The Morgan fingerprint density at radius 1 is 0.939 bits per heavy atom. The molecule has 0 aliphatic carbocycles. The second-order valence-electron chi connectivity index (χ2n) is 8.27. The Kier molecular flexibility index (Phi) is 5.72. The van der Waals surface area contributed by atoms with Crippen molar-refractivity contribution in [2.24, 2.45) is 0 Å². The molecule has 2 heterocycles. The molecule has 3 aromatic carbocycles. The number of benzene rings is 3. The first-order chi connectivity index (χ1) is 15.9. The molecule has 0 spiro atoms. The van der Waals surface area contributed by atoms with Crippen LogP contribution in [0.4, 0.5) is 5.69 Å². The third-order valence-electron chi connectivity index (χ3n) is 6.11. The van der Waals surface area contributed by atoms with E-state index in [0.29, 0.717) is 28.0 Å². The van der Waals surface area contributed by atoms with Crippen molar-refractivity contribution >= 4 is 43.9 Å². The van der Waals surface area contributed by atoms with E-state index in [9.17, 15) is 13.2 Å². The number of sulfone groups is 1. The SMILES string of the molecule is O=C(Cn1cc(S(=O)(=O)Cc2ccccc2Cl)c2ccccc21)N1CCCc2ccccc21. The minimum absolute atomic E-state index is 0.0574. The second-order valence-corrected chi connectivity index (χ2v) is 10.6. The van der Waals surface area contributed by atoms with Crippen molar-refractivity contribution in [3.63, 3.8) is 0 Å². The third kappa shape index (κ3) is 4.16. The standard InChI is InChI=1S/C26H23ClN2O3S/c27-22-12-4-1-9-20(22)18-33(31,32)25-16-28(24-14-6-3-11-21(24)25)17-26(30)29-15-7-10-19-8-2-5-13-23(19)29/h1-6,8-9,11-14,16H,7,10,15,17-18H2. The van der Waals surface area contributed by atoms with E-state index in [-0.39, 0.29) is 23.1 Å². The Morgan fingerprint density at radius 3 is 2.52 bits per heavy atom. The molecule has 5 rings (SSSR count). The molecule has 0 bridgehead atoms. The van der Waals surface area contributed by atoms with E-state index < -0.39 is 9.84 Å². The Balaban J connectivity index is 1.50. The van der Waals surface area contributed by atoms with Crippen molar-refractivity contribution in [3.05, 3.63) is 95.1 Å². The molecule has 4 aromatic rings. The molecule has 0 saturated heterocycles. The summed E-state index contributed by atoms with van der Waals surface area (Å²) in [5.74, 6) is -0.258.